The molecule has 0 radical (unpaired) electrons. The Morgan fingerprint density at radius 3 is 1.50 bits per heavy atom. The Balaban J connectivity index is 3.83. The topological polar surface area (TPSA) is 82.6 Å². The van der Waals surface area contributed by atoms with Crippen LogP contribution in [0.4, 0.5) is 0 Å². The largest absolute Gasteiger partial charge is 0.411 e. The molecule has 0 fully saturated rings. The average molecular weight is 383 g/mol. The van der Waals surface area contributed by atoms with Crippen LogP contribution in [-0.4, -0.2) is 83.9 Å². The first-order valence-corrected chi connectivity index (χ1v) is 8.89. The van der Waals surface area contributed by atoms with E-state index in [2.05, 4.69) is 10.6 Å². The van der Waals surface area contributed by atoms with E-state index in [4.69, 9.17) is 61.2 Å². The third-order valence-electron chi connectivity index (χ3n) is 2.91. The molecule has 0 bridgehead atoms. The Bertz CT molecular complexity index is 318. The van der Waals surface area contributed by atoms with Crippen LogP contribution in [0, 0.1) is 0 Å². The highest BCUT2D eigenvalue weighted by Gasteiger charge is 2.02. The average Bonchev–Trinajstić information content (AvgIpc) is 2.47. The van der Waals surface area contributed by atoms with Gasteiger partial charge in [0.1, 0.15) is 0 Å². The predicted molar refractivity (Wildman–Crippen MR) is 107 cm³/mol. The zero-order valence-corrected chi connectivity index (χ0v) is 16.0. The summed E-state index contributed by atoms with van der Waals surface area (Å²) < 4.78 is 0.958. The number of rotatable bonds is 13. The highest BCUT2D eigenvalue weighted by atomic mass is 32.1. The summed E-state index contributed by atoms with van der Waals surface area (Å²) in [6.07, 6.45) is 0. The van der Waals surface area contributed by atoms with Gasteiger partial charge in [0.25, 0.3) is 0 Å². The molecule has 0 heterocycles. The highest BCUT2D eigenvalue weighted by molar-refractivity contribution is 8.00. The molecule has 0 aromatic heterocycles. The molecule has 0 atom stereocenters. The van der Waals surface area contributed by atoms with Crippen LogP contribution < -0.4 is 22.1 Å². The minimum Gasteiger partial charge on any atom is -0.411 e. The highest BCUT2D eigenvalue weighted by Crippen LogP contribution is 1.91. The molecule has 6 N–H and O–H groups in total. The predicted octanol–water partition coefficient (Wildman–Crippen LogP) is -1.65. The summed E-state index contributed by atoms with van der Waals surface area (Å²) in [5.41, 5.74) is 10.9. The van der Waals surface area contributed by atoms with Crippen molar-refractivity contribution in [3.8, 4) is 0 Å². The zero-order chi connectivity index (χ0) is 16.8. The van der Waals surface area contributed by atoms with E-state index >= 15 is 0 Å². The fourth-order valence-electron chi connectivity index (χ4n) is 1.74. The van der Waals surface area contributed by atoms with E-state index in [9.17, 15) is 0 Å². The first kappa shape index (κ1) is 22.1. The molecule has 0 rings (SSSR count). The van der Waals surface area contributed by atoms with Crippen LogP contribution in [0.1, 0.15) is 0 Å². The van der Waals surface area contributed by atoms with Gasteiger partial charge in [0.2, 0.25) is 0 Å². The Morgan fingerprint density at radius 1 is 0.727 bits per heavy atom. The van der Waals surface area contributed by atoms with Gasteiger partial charge in [-0.25, -0.2) is 0 Å². The van der Waals surface area contributed by atoms with E-state index in [0.29, 0.717) is 28.3 Å². The maximum absolute atomic E-state index is 5.52. The van der Waals surface area contributed by atoms with Gasteiger partial charge in [-0.05, 0) is 0 Å². The smallest absolute Gasteiger partial charge is 0.0288 e. The van der Waals surface area contributed by atoms with Crippen molar-refractivity contribution in [3.05, 3.63) is 0 Å². The van der Waals surface area contributed by atoms with E-state index in [0.717, 1.165) is 45.8 Å². The lowest BCUT2D eigenvalue weighted by Gasteiger charge is -2.30. The number of nitrogens with two attached hydrogens (primary N) is 2. The molecule has 10 heteroatoms. The van der Waals surface area contributed by atoms with Gasteiger partial charge in [0.05, 0.1) is 0 Å². The van der Waals surface area contributed by atoms with E-state index in [1.807, 2.05) is 9.80 Å². The molecule has 0 saturated heterocycles. The summed E-state index contributed by atoms with van der Waals surface area (Å²) in [6, 6.07) is 0. The van der Waals surface area contributed by atoms with Crippen LogP contribution in [0.5, 0.6) is 0 Å². The quantitative estimate of drug-likeness (QED) is 0.169. The molecule has 0 amide bonds. The summed E-state index contributed by atoms with van der Waals surface area (Å²) in [5, 5.41) is 6.57. The second-order valence-electron chi connectivity index (χ2n) is 4.58. The van der Waals surface area contributed by atoms with Crippen molar-refractivity contribution in [1.29, 1.82) is 0 Å². The Labute approximate surface area is 155 Å². The van der Waals surface area contributed by atoms with Crippen molar-refractivity contribution < 1.29 is 0 Å². The third-order valence-corrected chi connectivity index (χ3v) is 3.94. The lowest BCUT2D eigenvalue weighted by atomic mass is 10.4. The number of thiocarbonyl (C=S) groups is 2. The molecule has 0 aromatic carbocycles. The molecule has 0 unspecified atom stereocenters. The number of nitrogens with one attached hydrogen (secondary N) is 2. The fraction of sp³-hybridized carbons (Fsp3) is 0.833. The molecule has 0 aromatic rings. The van der Waals surface area contributed by atoms with Crippen LogP contribution in [0.15, 0.2) is 0 Å². The van der Waals surface area contributed by atoms with E-state index in [1.54, 1.807) is 0 Å². The molecule has 130 valence electrons. The SMILES string of the molecule is NCCNCCN(CCNCCN(CCN)C(=S)[S-])C(=S)[S-]. The van der Waals surface area contributed by atoms with Crippen LogP contribution in [0.2, 0.25) is 0 Å². The standard InChI is InChI=1S/C12H28N6S4/c13-1-3-15-4-9-18(12(21)22)10-6-16-5-8-17(7-2-14)11(19)20/h15-16H,1-10,13-14H2,(H,19,20)(H,21,22)/p-2. The van der Waals surface area contributed by atoms with Crippen LogP contribution in [0.25, 0.3) is 0 Å². The summed E-state index contributed by atoms with van der Waals surface area (Å²) in [4.78, 5) is 3.92. The number of hydrogen-bond acceptors (Lipinski definition) is 8. The molecular formula is C12H26N6S4-2. The van der Waals surface area contributed by atoms with Crippen molar-refractivity contribution in [2.75, 3.05) is 65.4 Å². The molecular weight excluding hydrogens is 356 g/mol. The van der Waals surface area contributed by atoms with Crippen molar-refractivity contribution in [2.45, 2.75) is 0 Å². The molecule has 22 heavy (non-hydrogen) atoms. The van der Waals surface area contributed by atoms with Crippen molar-refractivity contribution >= 4 is 58.3 Å². The second-order valence-corrected chi connectivity index (χ2v) is 6.65. The van der Waals surface area contributed by atoms with Gasteiger partial charge in [-0.2, -0.15) is 0 Å². The summed E-state index contributed by atoms with van der Waals surface area (Å²) >= 11 is 20.2. The van der Waals surface area contributed by atoms with Gasteiger partial charge in [-0.3, -0.25) is 0 Å². The van der Waals surface area contributed by atoms with Gasteiger partial charge < -0.3 is 81.6 Å². The van der Waals surface area contributed by atoms with E-state index in [-0.39, 0.29) is 0 Å². The number of hydrogen-bond donors (Lipinski definition) is 4. The van der Waals surface area contributed by atoms with Gasteiger partial charge in [0.15, 0.2) is 0 Å². The molecule has 0 aliphatic carbocycles. The van der Waals surface area contributed by atoms with Gasteiger partial charge >= 0.3 is 0 Å². The molecule has 0 saturated carbocycles. The van der Waals surface area contributed by atoms with E-state index < -0.39 is 0 Å². The summed E-state index contributed by atoms with van der Waals surface area (Å²) in [6.45, 7) is 7.41. The first-order valence-electron chi connectivity index (χ1n) is 7.26. The fourth-order valence-corrected chi connectivity index (χ4v) is 2.47. The van der Waals surface area contributed by atoms with Gasteiger partial charge in [0, 0.05) is 65.4 Å². The molecule has 0 aliphatic heterocycles. The Kier molecular flexibility index (Phi) is 14.7. The maximum atomic E-state index is 5.52. The second kappa shape index (κ2) is 14.6. The maximum Gasteiger partial charge on any atom is 0.0288 e. The van der Waals surface area contributed by atoms with Crippen LogP contribution in [-0.2, 0) is 25.3 Å². The normalized spacial score (nSPS) is 10.5. The minimum atomic E-state index is 0.464. The first-order chi connectivity index (χ1) is 10.5. The van der Waals surface area contributed by atoms with Crippen LogP contribution in [0.3, 0.4) is 0 Å². The third kappa shape index (κ3) is 11.6. The van der Waals surface area contributed by atoms with Gasteiger partial charge in [-0.1, -0.05) is 8.64 Å². The van der Waals surface area contributed by atoms with Crippen molar-refractivity contribution in [1.82, 2.24) is 20.4 Å². The van der Waals surface area contributed by atoms with E-state index in [1.165, 1.54) is 0 Å². The molecule has 0 spiro atoms. The Morgan fingerprint density at radius 2 is 1.14 bits per heavy atom. The Hall–Kier alpha value is 0.0600. The van der Waals surface area contributed by atoms with Gasteiger partial charge in [-0.15, -0.1) is 0 Å². The lowest BCUT2D eigenvalue weighted by molar-refractivity contribution is 0.396. The number of nitrogens with zero attached hydrogens (tertiary/aromatic N) is 2. The van der Waals surface area contributed by atoms with Crippen molar-refractivity contribution in [2.24, 2.45) is 11.5 Å². The van der Waals surface area contributed by atoms with Crippen molar-refractivity contribution in [3.63, 3.8) is 0 Å². The zero-order valence-electron chi connectivity index (χ0n) is 12.8. The minimum absolute atomic E-state index is 0.464. The van der Waals surface area contributed by atoms with Crippen LogP contribution >= 0.6 is 24.4 Å². The molecule has 0 aliphatic rings. The monoisotopic (exact) mass is 382 g/mol. The molecule has 6 nitrogen and oxygen atoms in total. The summed E-state index contributed by atoms with van der Waals surface area (Å²) in [5.74, 6) is 0. The lowest BCUT2D eigenvalue weighted by Crippen LogP contribution is -2.42. The summed E-state index contributed by atoms with van der Waals surface area (Å²) in [7, 11) is 0.